The SMILES string of the molecule is Cc1cc(NC(=O)c2cc(F)cc([N+](=O)[O-])c2)cnc1Br. The third-order valence-corrected chi connectivity index (χ3v) is 3.46. The van der Waals surface area contributed by atoms with Gasteiger partial charge in [0.1, 0.15) is 10.4 Å². The molecule has 108 valence electrons. The van der Waals surface area contributed by atoms with E-state index in [1.807, 2.05) is 0 Å². The van der Waals surface area contributed by atoms with Crippen molar-refractivity contribution in [3.8, 4) is 0 Å². The Labute approximate surface area is 127 Å². The molecule has 0 saturated heterocycles. The number of anilines is 1. The molecule has 2 aromatic rings. The second-order valence-corrected chi connectivity index (χ2v) is 4.99. The summed E-state index contributed by atoms with van der Waals surface area (Å²) >= 11 is 3.23. The number of rotatable bonds is 3. The zero-order chi connectivity index (χ0) is 15.6. The van der Waals surface area contributed by atoms with Gasteiger partial charge >= 0.3 is 0 Å². The smallest absolute Gasteiger partial charge is 0.273 e. The van der Waals surface area contributed by atoms with Crippen LogP contribution in [0.5, 0.6) is 0 Å². The van der Waals surface area contributed by atoms with Gasteiger partial charge in [0.15, 0.2) is 0 Å². The van der Waals surface area contributed by atoms with Gasteiger partial charge in [0.25, 0.3) is 11.6 Å². The predicted molar refractivity (Wildman–Crippen MR) is 77.7 cm³/mol. The molecule has 21 heavy (non-hydrogen) atoms. The highest BCUT2D eigenvalue weighted by molar-refractivity contribution is 9.10. The van der Waals surface area contributed by atoms with Gasteiger partial charge < -0.3 is 5.32 Å². The summed E-state index contributed by atoms with van der Waals surface area (Å²) in [7, 11) is 0. The van der Waals surface area contributed by atoms with Gasteiger partial charge in [0.05, 0.1) is 22.9 Å². The Balaban J connectivity index is 2.27. The number of nitrogens with one attached hydrogen (secondary N) is 1. The summed E-state index contributed by atoms with van der Waals surface area (Å²) in [6.45, 7) is 1.79. The number of nitro groups is 1. The first-order valence-corrected chi connectivity index (χ1v) is 6.54. The van der Waals surface area contributed by atoms with Crippen molar-refractivity contribution in [1.82, 2.24) is 4.98 Å². The highest BCUT2D eigenvalue weighted by Gasteiger charge is 2.15. The number of pyridine rings is 1. The maximum Gasteiger partial charge on any atom is 0.273 e. The summed E-state index contributed by atoms with van der Waals surface area (Å²) in [6, 6.07) is 4.36. The van der Waals surface area contributed by atoms with Crippen molar-refractivity contribution < 1.29 is 14.1 Å². The molecule has 1 N–H and O–H groups in total. The zero-order valence-electron chi connectivity index (χ0n) is 10.8. The Morgan fingerprint density at radius 2 is 2.10 bits per heavy atom. The second-order valence-electron chi connectivity index (χ2n) is 4.24. The fourth-order valence-electron chi connectivity index (χ4n) is 1.64. The van der Waals surface area contributed by atoms with Crippen molar-refractivity contribution in [2.75, 3.05) is 5.32 Å². The first kappa shape index (κ1) is 15.0. The average molecular weight is 354 g/mol. The standard InChI is InChI=1S/C13H9BrFN3O3/c1-7-2-10(6-16-12(7)14)17-13(19)8-3-9(15)5-11(4-8)18(20)21/h2-6H,1H3,(H,17,19). The molecular weight excluding hydrogens is 345 g/mol. The van der Waals surface area contributed by atoms with Gasteiger partial charge in [0.2, 0.25) is 0 Å². The highest BCUT2D eigenvalue weighted by Crippen LogP contribution is 2.20. The number of nitro benzene ring substituents is 1. The fourth-order valence-corrected chi connectivity index (χ4v) is 1.86. The molecule has 0 unspecified atom stereocenters. The number of nitrogens with zero attached hydrogens (tertiary/aromatic N) is 2. The molecule has 6 nitrogen and oxygen atoms in total. The van der Waals surface area contributed by atoms with Gasteiger partial charge in [-0.3, -0.25) is 14.9 Å². The van der Waals surface area contributed by atoms with E-state index in [1.165, 1.54) is 6.20 Å². The van der Waals surface area contributed by atoms with Gasteiger partial charge in [0, 0.05) is 11.6 Å². The van der Waals surface area contributed by atoms with E-state index >= 15 is 0 Å². The molecule has 0 aliphatic carbocycles. The van der Waals surface area contributed by atoms with Gasteiger partial charge in [-0.15, -0.1) is 0 Å². The van der Waals surface area contributed by atoms with Crippen molar-refractivity contribution in [2.24, 2.45) is 0 Å². The third-order valence-electron chi connectivity index (χ3n) is 2.63. The van der Waals surface area contributed by atoms with E-state index in [1.54, 1.807) is 13.0 Å². The van der Waals surface area contributed by atoms with E-state index < -0.39 is 22.3 Å². The van der Waals surface area contributed by atoms with Crippen LogP contribution >= 0.6 is 15.9 Å². The number of hydrogen-bond donors (Lipinski definition) is 1. The van der Waals surface area contributed by atoms with Crippen molar-refractivity contribution >= 4 is 33.2 Å². The van der Waals surface area contributed by atoms with E-state index in [0.717, 1.165) is 23.8 Å². The van der Waals surface area contributed by atoms with Crippen molar-refractivity contribution in [3.63, 3.8) is 0 Å². The summed E-state index contributed by atoms with van der Waals surface area (Å²) in [6.07, 6.45) is 1.42. The second kappa shape index (κ2) is 5.96. The first-order chi connectivity index (χ1) is 9.86. The lowest BCUT2D eigenvalue weighted by molar-refractivity contribution is -0.385. The van der Waals surface area contributed by atoms with E-state index in [4.69, 9.17) is 0 Å². The molecule has 2 rings (SSSR count). The van der Waals surface area contributed by atoms with Crippen LogP contribution in [0.1, 0.15) is 15.9 Å². The molecule has 0 atom stereocenters. The van der Waals surface area contributed by atoms with Crippen molar-refractivity contribution in [1.29, 1.82) is 0 Å². The minimum Gasteiger partial charge on any atom is -0.321 e. The Hall–Kier alpha value is -2.35. The fraction of sp³-hybridized carbons (Fsp3) is 0.0769. The van der Waals surface area contributed by atoms with Crippen LogP contribution in [0.2, 0.25) is 0 Å². The number of aryl methyl sites for hydroxylation is 1. The Kier molecular flexibility index (Phi) is 4.27. The van der Waals surface area contributed by atoms with Crippen LogP contribution in [0.15, 0.2) is 35.1 Å². The first-order valence-electron chi connectivity index (χ1n) is 5.75. The van der Waals surface area contributed by atoms with Crippen LogP contribution < -0.4 is 5.32 Å². The minimum absolute atomic E-state index is 0.137. The van der Waals surface area contributed by atoms with Crippen molar-refractivity contribution in [3.05, 3.63) is 62.1 Å². The molecule has 0 bridgehead atoms. The quantitative estimate of drug-likeness (QED) is 0.520. The number of hydrogen-bond acceptors (Lipinski definition) is 4. The van der Waals surface area contributed by atoms with Crippen LogP contribution in [0, 0.1) is 22.9 Å². The van der Waals surface area contributed by atoms with Crippen LogP contribution in [-0.4, -0.2) is 15.8 Å². The molecule has 1 heterocycles. The molecule has 8 heteroatoms. The average Bonchev–Trinajstić information content (AvgIpc) is 2.42. The summed E-state index contributed by atoms with van der Waals surface area (Å²) < 4.78 is 13.9. The number of carbonyl (C=O) groups is 1. The number of amides is 1. The Morgan fingerprint density at radius 3 is 2.71 bits per heavy atom. The Morgan fingerprint density at radius 1 is 1.38 bits per heavy atom. The molecule has 0 saturated carbocycles. The van der Waals surface area contributed by atoms with Gasteiger partial charge in [-0.1, -0.05) is 0 Å². The van der Waals surface area contributed by atoms with E-state index in [0.29, 0.717) is 10.3 Å². The largest absolute Gasteiger partial charge is 0.321 e. The minimum atomic E-state index is -0.848. The lowest BCUT2D eigenvalue weighted by Gasteiger charge is -2.06. The number of aromatic nitrogens is 1. The summed E-state index contributed by atoms with van der Waals surface area (Å²) in [5, 5.41) is 13.2. The molecule has 1 aromatic heterocycles. The molecule has 0 fully saturated rings. The molecule has 1 aromatic carbocycles. The lowest BCUT2D eigenvalue weighted by atomic mass is 10.1. The van der Waals surface area contributed by atoms with Crippen LogP contribution in [0.25, 0.3) is 0 Å². The summed E-state index contributed by atoms with van der Waals surface area (Å²) in [4.78, 5) is 25.9. The lowest BCUT2D eigenvalue weighted by Crippen LogP contribution is -2.13. The Bertz CT molecular complexity index is 737. The van der Waals surface area contributed by atoms with E-state index in [9.17, 15) is 19.3 Å². The molecular formula is C13H9BrFN3O3. The molecule has 0 radical (unpaired) electrons. The van der Waals surface area contributed by atoms with Crippen LogP contribution in [0.4, 0.5) is 15.8 Å². The van der Waals surface area contributed by atoms with Crippen molar-refractivity contribution in [2.45, 2.75) is 6.92 Å². The number of carbonyl (C=O) groups excluding carboxylic acids is 1. The van der Waals surface area contributed by atoms with Crippen LogP contribution in [-0.2, 0) is 0 Å². The van der Waals surface area contributed by atoms with Crippen LogP contribution in [0.3, 0.4) is 0 Å². The normalized spacial score (nSPS) is 10.2. The molecule has 0 aliphatic heterocycles. The van der Waals surface area contributed by atoms with Gasteiger partial charge in [-0.25, -0.2) is 9.37 Å². The van der Waals surface area contributed by atoms with Gasteiger partial charge in [-0.2, -0.15) is 0 Å². The third kappa shape index (κ3) is 3.60. The highest BCUT2D eigenvalue weighted by atomic mass is 79.9. The maximum atomic E-state index is 13.3. The molecule has 0 spiro atoms. The maximum absolute atomic E-state index is 13.3. The summed E-state index contributed by atoms with van der Waals surface area (Å²) in [5.74, 6) is -1.50. The topological polar surface area (TPSA) is 85.1 Å². The van der Waals surface area contributed by atoms with Gasteiger partial charge in [-0.05, 0) is 40.5 Å². The number of halogens is 2. The predicted octanol–water partition coefficient (Wildman–Crippen LogP) is 3.45. The number of non-ortho nitro benzene ring substituents is 1. The summed E-state index contributed by atoms with van der Waals surface area (Å²) in [5.41, 5.74) is 0.596. The number of benzene rings is 1. The van der Waals surface area contributed by atoms with E-state index in [2.05, 4.69) is 26.2 Å². The molecule has 0 aliphatic rings. The van der Waals surface area contributed by atoms with E-state index in [-0.39, 0.29) is 5.56 Å². The zero-order valence-corrected chi connectivity index (χ0v) is 12.3. The molecule has 1 amide bonds. The monoisotopic (exact) mass is 353 g/mol.